The molecule has 2 unspecified atom stereocenters. The largest absolute Gasteiger partial charge is 0.491 e. The zero-order chi connectivity index (χ0) is 32.9. The van der Waals surface area contributed by atoms with E-state index in [0.29, 0.717) is 0 Å². The van der Waals surface area contributed by atoms with Gasteiger partial charge < -0.3 is 29.9 Å². The van der Waals surface area contributed by atoms with Crippen molar-refractivity contribution in [3.05, 3.63) is 55.5 Å². The average Bonchev–Trinajstić information content (AvgIpc) is 2.89. The summed E-state index contributed by atoms with van der Waals surface area (Å²) in [5.41, 5.74) is -0.0611. The standard InChI is InChI=1S/2C12H13Cl3O3.C2H2O4/c2*1-6(2)10(15)5-18-11-4-9(14)8(13)3-7(11)12(16)17;3-1(4)2(5)6/h2*3-4,6,10H,5H2,1-2H3,(H,16,17);(H,3,4)(H,5,6). The van der Waals surface area contributed by atoms with Crippen LogP contribution in [0.5, 0.6) is 11.5 Å². The third kappa shape index (κ3) is 14.2. The number of carboxylic acid groups (broad SMARTS) is 4. The van der Waals surface area contributed by atoms with Crippen molar-refractivity contribution in [2.45, 2.75) is 38.4 Å². The molecule has 0 fully saturated rings. The normalized spacial score (nSPS) is 11.8. The van der Waals surface area contributed by atoms with Crippen molar-refractivity contribution in [1.82, 2.24) is 0 Å². The molecule has 0 amide bonds. The average molecular weight is 713 g/mol. The van der Waals surface area contributed by atoms with Gasteiger partial charge in [0.1, 0.15) is 35.8 Å². The van der Waals surface area contributed by atoms with Crippen molar-refractivity contribution in [2.75, 3.05) is 13.2 Å². The molecule has 0 heterocycles. The van der Waals surface area contributed by atoms with E-state index < -0.39 is 23.9 Å². The zero-order valence-corrected chi connectivity index (χ0v) is 27.1. The molecule has 0 aromatic heterocycles. The highest BCUT2D eigenvalue weighted by Crippen LogP contribution is 2.32. The van der Waals surface area contributed by atoms with Crippen LogP contribution in [0.2, 0.25) is 20.1 Å². The molecule has 42 heavy (non-hydrogen) atoms. The van der Waals surface area contributed by atoms with Crippen molar-refractivity contribution < 1.29 is 49.1 Å². The summed E-state index contributed by atoms with van der Waals surface area (Å²) < 4.78 is 10.8. The number of aliphatic carboxylic acids is 2. The molecule has 10 nitrogen and oxygen atoms in total. The van der Waals surface area contributed by atoms with Crippen LogP contribution in [0.1, 0.15) is 48.4 Å². The summed E-state index contributed by atoms with van der Waals surface area (Å²) in [6.07, 6.45) is 0. The second kappa shape index (κ2) is 19.0. The first-order chi connectivity index (χ1) is 19.3. The van der Waals surface area contributed by atoms with Gasteiger partial charge in [0.05, 0.1) is 30.8 Å². The molecule has 2 aromatic carbocycles. The molecule has 0 aliphatic rings. The Morgan fingerprint density at radius 1 is 0.595 bits per heavy atom. The zero-order valence-electron chi connectivity index (χ0n) is 22.5. The number of carbonyl (C=O) groups is 4. The molecule has 2 atom stereocenters. The van der Waals surface area contributed by atoms with Crippen molar-refractivity contribution in [2.24, 2.45) is 11.8 Å². The highest BCUT2D eigenvalue weighted by molar-refractivity contribution is 6.43. The molecule has 0 radical (unpaired) electrons. The number of ether oxygens (including phenoxy) is 2. The van der Waals surface area contributed by atoms with E-state index in [0.717, 1.165) is 0 Å². The molecule has 0 bridgehead atoms. The minimum absolute atomic E-state index is 0.0305. The van der Waals surface area contributed by atoms with Gasteiger partial charge in [-0.2, -0.15) is 0 Å². The van der Waals surface area contributed by atoms with Crippen molar-refractivity contribution in [1.29, 1.82) is 0 Å². The first-order valence-electron chi connectivity index (χ1n) is 11.7. The van der Waals surface area contributed by atoms with E-state index in [1.54, 1.807) is 0 Å². The van der Waals surface area contributed by atoms with Crippen LogP contribution in [-0.4, -0.2) is 68.3 Å². The van der Waals surface area contributed by atoms with Crippen LogP contribution in [0.15, 0.2) is 24.3 Å². The van der Waals surface area contributed by atoms with E-state index in [2.05, 4.69) is 0 Å². The summed E-state index contributed by atoms with van der Waals surface area (Å²) in [6.45, 7) is 8.22. The Bertz CT molecular complexity index is 1160. The van der Waals surface area contributed by atoms with Crippen LogP contribution in [0.3, 0.4) is 0 Å². The van der Waals surface area contributed by atoms with E-state index in [4.69, 9.17) is 109 Å². The molecule has 0 spiro atoms. The van der Waals surface area contributed by atoms with Crippen LogP contribution in [0.4, 0.5) is 0 Å². The number of hydrogen-bond acceptors (Lipinski definition) is 6. The molecule has 0 aliphatic heterocycles. The fourth-order valence-corrected chi connectivity index (χ4v) is 3.11. The highest BCUT2D eigenvalue weighted by atomic mass is 35.5. The number of carboxylic acids is 4. The lowest BCUT2D eigenvalue weighted by atomic mass is 10.1. The number of hydrogen-bond donors (Lipinski definition) is 4. The maximum absolute atomic E-state index is 11.0. The van der Waals surface area contributed by atoms with E-state index in [9.17, 15) is 9.59 Å². The number of benzene rings is 2. The summed E-state index contributed by atoms with van der Waals surface area (Å²) in [4.78, 5) is 40.3. The smallest absolute Gasteiger partial charge is 0.414 e. The maximum atomic E-state index is 11.0. The fraction of sp³-hybridized carbons (Fsp3) is 0.385. The molecule has 2 rings (SSSR count). The fourth-order valence-electron chi connectivity index (χ4n) is 2.35. The Morgan fingerprint density at radius 3 is 1.07 bits per heavy atom. The molecule has 0 aliphatic carbocycles. The summed E-state index contributed by atoms with van der Waals surface area (Å²) >= 11 is 35.3. The number of rotatable bonds is 10. The van der Waals surface area contributed by atoms with Gasteiger partial charge in [-0.25, -0.2) is 19.2 Å². The third-order valence-corrected chi connectivity index (χ3v) is 7.64. The van der Waals surface area contributed by atoms with Gasteiger partial charge in [0.25, 0.3) is 0 Å². The predicted molar refractivity (Wildman–Crippen MR) is 162 cm³/mol. The summed E-state index contributed by atoms with van der Waals surface area (Å²) in [5, 5.41) is 33.3. The van der Waals surface area contributed by atoms with Crippen LogP contribution in [0, 0.1) is 11.8 Å². The Morgan fingerprint density at radius 2 is 0.857 bits per heavy atom. The summed E-state index contributed by atoms with van der Waals surface area (Å²) in [6, 6.07) is 5.30. The van der Waals surface area contributed by atoms with E-state index in [-0.39, 0.29) is 78.5 Å². The Labute approximate surface area is 271 Å². The lowest BCUT2D eigenvalue weighted by Crippen LogP contribution is -2.18. The third-order valence-electron chi connectivity index (χ3n) is 4.93. The Balaban J connectivity index is 0.000000672. The van der Waals surface area contributed by atoms with Crippen LogP contribution < -0.4 is 9.47 Å². The van der Waals surface area contributed by atoms with Crippen molar-refractivity contribution >= 4 is 93.5 Å². The minimum Gasteiger partial charge on any atom is -0.491 e. The molecule has 4 N–H and O–H groups in total. The second-order valence-corrected chi connectivity index (χ2v) is 11.6. The van der Waals surface area contributed by atoms with Crippen LogP contribution in [-0.2, 0) is 9.59 Å². The molecule has 0 saturated carbocycles. The van der Waals surface area contributed by atoms with Gasteiger partial charge in [0.15, 0.2) is 0 Å². The molecular weight excluding hydrogens is 685 g/mol. The lowest BCUT2D eigenvalue weighted by molar-refractivity contribution is -0.159. The Hall–Kier alpha value is -2.34. The maximum Gasteiger partial charge on any atom is 0.414 e. The Kier molecular flexibility index (Phi) is 18.0. The van der Waals surface area contributed by atoms with E-state index >= 15 is 0 Å². The first kappa shape index (κ1) is 39.7. The number of alkyl halides is 2. The molecule has 234 valence electrons. The minimum atomic E-state index is -1.82. The van der Waals surface area contributed by atoms with Gasteiger partial charge in [-0.1, -0.05) is 74.1 Å². The van der Waals surface area contributed by atoms with Gasteiger partial charge in [-0.15, -0.1) is 23.2 Å². The predicted octanol–water partition coefficient (Wildman–Crippen LogP) is 7.82. The quantitative estimate of drug-likeness (QED) is 0.141. The van der Waals surface area contributed by atoms with Crippen LogP contribution in [0.25, 0.3) is 0 Å². The summed E-state index contributed by atoms with van der Waals surface area (Å²) in [7, 11) is 0. The van der Waals surface area contributed by atoms with Gasteiger partial charge >= 0.3 is 23.9 Å². The van der Waals surface area contributed by atoms with E-state index in [1.807, 2.05) is 27.7 Å². The van der Waals surface area contributed by atoms with Gasteiger partial charge in [0, 0.05) is 12.1 Å². The van der Waals surface area contributed by atoms with Gasteiger partial charge in [-0.05, 0) is 24.0 Å². The highest BCUT2D eigenvalue weighted by Gasteiger charge is 2.18. The van der Waals surface area contributed by atoms with Gasteiger partial charge in [-0.3, -0.25) is 0 Å². The lowest BCUT2D eigenvalue weighted by Gasteiger charge is -2.16. The van der Waals surface area contributed by atoms with E-state index in [1.165, 1.54) is 24.3 Å². The molecule has 0 saturated heterocycles. The molecule has 2 aromatic rings. The number of aromatic carboxylic acids is 2. The monoisotopic (exact) mass is 710 g/mol. The topological polar surface area (TPSA) is 168 Å². The molecule has 16 heteroatoms. The SMILES string of the molecule is CC(C)C(Cl)COc1cc(Cl)c(Cl)cc1C(=O)O.CC(C)C(Cl)COc1cc(Cl)c(Cl)cc1C(=O)O.O=C(O)C(=O)O. The van der Waals surface area contributed by atoms with Gasteiger partial charge in [0.2, 0.25) is 0 Å². The number of halogens is 6. The van der Waals surface area contributed by atoms with Crippen LogP contribution >= 0.6 is 69.6 Å². The van der Waals surface area contributed by atoms with Crippen molar-refractivity contribution in [3.63, 3.8) is 0 Å². The molecular formula is C26H28Cl6O10. The second-order valence-electron chi connectivity index (χ2n) is 8.89. The summed E-state index contributed by atoms with van der Waals surface area (Å²) in [5.74, 6) is -5.11. The van der Waals surface area contributed by atoms with Crippen molar-refractivity contribution in [3.8, 4) is 11.5 Å². The first-order valence-corrected chi connectivity index (χ1v) is 14.1.